The van der Waals surface area contributed by atoms with Crippen molar-refractivity contribution in [3.8, 4) is 28.6 Å². The first-order chi connectivity index (χ1) is 16.6. The molecule has 4 rings (SSSR count). The summed E-state index contributed by atoms with van der Waals surface area (Å²) in [7, 11) is 3.27. The van der Waals surface area contributed by atoms with E-state index in [1.807, 2.05) is 12.1 Å². The summed E-state index contributed by atoms with van der Waals surface area (Å²) in [6.07, 6.45) is 3.30. The second kappa shape index (κ2) is 10.5. The number of carbonyl (C=O) groups excluding carboxylic acids is 1. The molecule has 3 N–H and O–H groups in total. The zero-order valence-corrected chi connectivity index (χ0v) is 19.1. The second-order valence-corrected chi connectivity index (χ2v) is 7.36. The van der Waals surface area contributed by atoms with Gasteiger partial charge in [-0.05, 0) is 60.7 Å². The number of urea groups is 1. The lowest BCUT2D eigenvalue weighted by Gasteiger charge is -2.12. The maximum absolute atomic E-state index is 12.4. The number of halogens is 1. The van der Waals surface area contributed by atoms with Gasteiger partial charge in [-0.1, -0.05) is 11.6 Å². The maximum atomic E-state index is 12.4. The third kappa shape index (κ3) is 5.51. The molecule has 0 spiro atoms. The van der Waals surface area contributed by atoms with Crippen LogP contribution in [0.15, 0.2) is 73.1 Å². The molecule has 0 radical (unpaired) electrons. The van der Waals surface area contributed by atoms with E-state index in [0.29, 0.717) is 45.4 Å². The molecule has 34 heavy (non-hydrogen) atoms. The summed E-state index contributed by atoms with van der Waals surface area (Å²) in [6, 6.07) is 16.9. The van der Waals surface area contributed by atoms with Crippen LogP contribution in [0.3, 0.4) is 0 Å². The number of benzene rings is 2. The highest BCUT2D eigenvalue weighted by atomic mass is 35.5. The van der Waals surface area contributed by atoms with Crippen molar-refractivity contribution in [3.63, 3.8) is 0 Å². The molecule has 0 fully saturated rings. The normalized spacial score (nSPS) is 10.3. The minimum atomic E-state index is -0.439. The Morgan fingerprint density at radius 3 is 2.56 bits per heavy atom. The molecule has 0 unspecified atom stereocenters. The fraction of sp³-hybridized carbons (Fsp3) is 0.0833. The monoisotopic (exact) mass is 476 g/mol. The predicted octanol–water partition coefficient (Wildman–Crippen LogP) is 5.68. The van der Waals surface area contributed by atoms with Crippen LogP contribution in [0.5, 0.6) is 17.4 Å². The minimum Gasteiger partial charge on any atom is -0.495 e. The van der Waals surface area contributed by atoms with Crippen molar-refractivity contribution in [1.82, 2.24) is 15.0 Å². The van der Waals surface area contributed by atoms with Crippen LogP contribution in [0.2, 0.25) is 5.02 Å². The van der Waals surface area contributed by atoms with Crippen molar-refractivity contribution in [2.24, 2.45) is 0 Å². The Labute approximate surface area is 201 Å². The molecular formula is C24H21ClN6O3. The number of nitrogens with one attached hydrogen (secondary N) is 3. The molecule has 0 aliphatic heterocycles. The first-order valence-electron chi connectivity index (χ1n) is 10.2. The van der Waals surface area contributed by atoms with Gasteiger partial charge in [0, 0.05) is 30.2 Å². The number of aromatic nitrogens is 3. The first-order valence-corrected chi connectivity index (χ1v) is 10.6. The summed E-state index contributed by atoms with van der Waals surface area (Å²) in [4.78, 5) is 25.3. The molecule has 10 heteroatoms. The van der Waals surface area contributed by atoms with Crippen molar-refractivity contribution in [3.05, 3.63) is 78.1 Å². The highest BCUT2D eigenvalue weighted by Gasteiger charge is 2.12. The zero-order valence-electron chi connectivity index (χ0n) is 18.4. The molecule has 4 aromatic rings. The van der Waals surface area contributed by atoms with E-state index >= 15 is 0 Å². The number of methoxy groups -OCH3 is 1. The lowest BCUT2D eigenvalue weighted by atomic mass is 10.2. The van der Waals surface area contributed by atoms with E-state index in [9.17, 15) is 4.79 Å². The van der Waals surface area contributed by atoms with Crippen LogP contribution in [0.1, 0.15) is 0 Å². The smallest absolute Gasteiger partial charge is 0.323 e. The van der Waals surface area contributed by atoms with E-state index in [0.717, 1.165) is 5.56 Å². The standard InChI is InChI=1S/C24H21ClN6O3/c1-26-23-28-13-11-19(30-23)18-4-3-12-27-22(18)34-17-8-6-16(7-9-17)29-24(32)31-20-14-15(25)5-10-21(20)33-2/h3-14H,1-2H3,(H,26,28,30)(H2,29,31,32). The average Bonchev–Trinajstić information content (AvgIpc) is 2.86. The Bertz CT molecular complexity index is 1300. The summed E-state index contributed by atoms with van der Waals surface area (Å²) in [5.41, 5.74) is 2.43. The van der Waals surface area contributed by atoms with Gasteiger partial charge in [-0.25, -0.2) is 19.7 Å². The van der Waals surface area contributed by atoms with Gasteiger partial charge in [0.15, 0.2) is 0 Å². The number of amides is 2. The van der Waals surface area contributed by atoms with Crippen LogP contribution in [0.25, 0.3) is 11.3 Å². The summed E-state index contributed by atoms with van der Waals surface area (Å²) >= 11 is 6.01. The summed E-state index contributed by atoms with van der Waals surface area (Å²) in [5, 5.41) is 8.88. The largest absolute Gasteiger partial charge is 0.495 e. The van der Waals surface area contributed by atoms with Gasteiger partial charge in [0.25, 0.3) is 0 Å². The molecule has 0 aliphatic rings. The third-order valence-electron chi connectivity index (χ3n) is 4.66. The van der Waals surface area contributed by atoms with Crippen LogP contribution in [0.4, 0.5) is 22.1 Å². The summed E-state index contributed by atoms with van der Waals surface area (Å²) in [6.45, 7) is 0. The van der Waals surface area contributed by atoms with Gasteiger partial charge in [0.2, 0.25) is 11.8 Å². The average molecular weight is 477 g/mol. The van der Waals surface area contributed by atoms with Crippen LogP contribution in [0, 0.1) is 0 Å². The Hall–Kier alpha value is -4.37. The summed E-state index contributed by atoms with van der Waals surface area (Å²) < 4.78 is 11.2. The van der Waals surface area contributed by atoms with Gasteiger partial charge < -0.3 is 25.4 Å². The fourth-order valence-electron chi connectivity index (χ4n) is 3.08. The van der Waals surface area contributed by atoms with Crippen LogP contribution in [-0.4, -0.2) is 35.1 Å². The van der Waals surface area contributed by atoms with Gasteiger partial charge in [-0.3, -0.25) is 0 Å². The number of rotatable bonds is 7. The summed E-state index contributed by atoms with van der Waals surface area (Å²) in [5.74, 6) is 1.94. The van der Waals surface area contributed by atoms with E-state index < -0.39 is 6.03 Å². The minimum absolute atomic E-state index is 0.398. The van der Waals surface area contributed by atoms with Gasteiger partial charge >= 0.3 is 6.03 Å². The molecule has 2 heterocycles. The second-order valence-electron chi connectivity index (χ2n) is 6.92. The van der Waals surface area contributed by atoms with Gasteiger partial charge in [-0.2, -0.15) is 0 Å². The van der Waals surface area contributed by atoms with Gasteiger partial charge in [0.1, 0.15) is 11.5 Å². The zero-order chi connectivity index (χ0) is 23.9. The molecule has 2 aromatic heterocycles. The van der Waals surface area contributed by atoms with Crippen LogP contribution < -0.4 is 25.4 Å². The number of carbonyl (C=O) groups is 1. The lowest BCUT2D eigenvalue weighted by molar-refractivity contribution is 0.262. The van der Waals surface area contributed by atoms with Gasteiger partial charge in [-0.15, -0.1) is 0 Å². The number of nitrogens with zero attached hydrogens (tertiary/aromatic N) is 3. The van der Waals surface area contributed by atoms with Crippen molar-refractivity contribution >= 4 is 35.0 Å². The van der Waals surface area contributed by atoms with Crippen molar-refractivity contribution in [2.75, 3.05) is 30.1 Å². The van der Waals surface area contributed by atoms with E-state index in [1.54, 1.807) is 68.0 Å². The lowest BCUT2D eigenvalue weighted by Crippen LogP contribution is -2.19. The third-order valence-corrected chi connectivity index (χ3v) is 4.90. The van der Waals surface area contributed by atoms with E-state index in [1.165, 1.54) is 7.11 Å². The SMILES string of the molecule is CNc1nccc(-c2cccnc2Oc2ccc(NC(=O)Nc3cc(Cl)ccc3OC)cc2)n1. The number of hydrogen-bond acceptors (Lipinski definition) is 7. The molecule has 2 aromatic carbocycles. The number of ether oxygens (including phenoxy) is 2. The molecule has 172 valence electrons. The Kier molecular flexibility index (Phi) is 7.04. The van der Waals surface area contributed by atoms with Crippen LogP contribution >= 0.6 is 11.6 Å². The van der Waals surface area contributed by atoms with E-state index in [4.69, 9.17) is 21.1 Å². The Morgan fingerprint density at radius 2 is 1.79 bits per heavy atom. The highest BCUT2D eigenvalue weighted by Crippen LogP contribution is 2.31. The molecule has 0 bridgehead atoms. The maximum Gasteiger partial charge on any atom is 0.323 e. The highest BCUT2D eigenvalue weighted by molar-refractivity contribution is 6.31. The topological polar surface area (TPSA) is 110 Å². The number of pyridine rings is 1. The molecule has 0 saturated carbocycles. The predicted molar refractivity (Wildman–Crippen MR) is 132 cm³/mol. The van der Waals surface area contributed by atoms with Crippen molar-refractivity contribution in [2.45, 2.75) is 0 Å². The molecular weight excluding hydrogens is 456 g/mol. The van der Waals surface area contributed by atoms with Gasteiger partial charge in [0.05, 0.1) is 24.1 Å². The van der Waals surface area contributed by atoms with Crippen molar-refractivity contribution in [1.29, 1.82) is 0 Å². The molecule has 0 aliphatic carbocycles. The van der Waals surface area contributed by atoms with Crippen LogP contribution in [-0.2, 0) is 0 Å². The fourth-order valence-corrected chi connectivity index (χ4v) is 3.25. The molecule has 2 amide bonds. The first kappa shape index (κ1) is 22.8. The van der Waals surface area contributed by atoms with E-state index in [-0.39, 0.29) is 0 Å². The molecule has 0 atom stereocenters. The van der Waals surface area contributed by atoms with E-state index in [2.05, 4.69) is 30.9 Å². The quantitative estimate of drug-likeness (QED) is 0.314. The molecule has 0 saturated heterocycles. The van der Waals surface area contributed by atoms with Crippen molar-refractivity contribution < 1.29 is 14.3 Å². The number of anilines is 3. The Balaban J connectivity index is 1.45. The Morgan fingerprint density at radius 1 is 0.971 bits per heavy atom. The number of hydrogen-bond donors (Lipinski definition) is 3. The molecule has 9 nitrogen and oxygen atoms in total.